The molecule has 1 heteroatoms. The maximum absolute atomic E-state index is 2.40. The molecule has 6 aromatic rings. The van der Waals surface area contributed by atoms with Crippen LogP contribution in [0.2, 0.25) is 0 Å². The molecule has 198 valence electrons. The van der Waals surface area contributed by atoms with E-state index in [2.05, 4.69) is 171 Å². The standard InChI is InChI=1S/C40H33N/c1-28-16-18-31(19-17-28)32-12-9-13-34(26-32)41(33-22-20-30(21-23-33)29-10-5-4-6-11-29)35-24-25-37-36-14-7-8-15-38(36)40(2,3)39(37)27-35/h4-27H,1-3H3. The van der Waals surface area contributed by atoms with Gasteiger partial charge in [0, 0.05) is 22.5 Å². The Kier molecular flexibility index (Phi) is 6.09. The van der Waals surface area contributed by atoms with Crippen molar-refractivity contribution >= 4 is 17.1 Å². The second kappa shape index (κ2) is 9.94. The van der Waals surface area contributed by atoms with E-state index in [9.17, 15) is 0 Å². The van der Waals surface area contributed by atoms with Crippen molar-refractivity contribution in [3.8, 4) is 33.4 Å². The number of anilines is 3. The number of aryl methyl sites for hydroxylation is 1. The van der Waals surface area contributed by atoms with Crippen LogP contribution in [-0.4, -0.2) is 0 Å². The molecule has 0 atom stereocenters. The normalized spacial score (nSPS) is 13.0. The van der Waals surface area contributed by atoms with Gasteiger partial charge in [0.2, 0.25) is 0 Å². The molecule has 41 heavy (non-hydrogen) atoms. The highest BCUT2D eigenvalue weighted by molar-refractivity contribution is 5.86. The van der Waals surface area contributed by atoms with Crippen LogP contribution in [0.4, 0.5) is 17.1 Å². The number of nitrogens with zero attached hydrogens (tertiary/aromatic N) is 1. The Morgan fingerprint density at radius 1 is 0.415 bits per heavy atom. The summed E-state index contributed by atoms with van der Waals surface area (Å²) in [4.78, 5) is 2.39. The lowest BCUT2D eigenvalue weighted by atomic mass is 9.82. The van der Waals surface area contributed by atoms with E-state index < -0.39 is 0 Å². The van der Waals surface area contributed by atoms with Gasteiger partial charge in [-0.3, -0.25) is 0 Å². The van der Waals surface area contributed by atoms with Crippen LogP contribution in [0.25, 0.3) is 33.4 Å². The van der Waals surface area contributed by atoms with Crippen LogP contribution >= 0.6 is 0 Å². The molecule has 0 fully saturated rings. The summed E-state index contributed by atoms with van der Waals surface area (Å²) in [5, 5.41) is 0. The van der Waals surface area contributed by atoms with E-state index in [1.165, 1.54) is 50.1 Å². The molecule has 0 N–H and O–H groups in total. The van der Waals surface area contributed by atoms with E-state index >= 15 is 0 Å². The highest BCUT2D eigenvalue weighted by Crippen LogP contribution is 2.50. The van der Waals surface area contributed by atoms with Crippen molar-refractivity contribution in [1.29, 1.82) is 0 Å². The van der Waals surface area contributed by atoms with Gasteiger partial charge < -0.3 is 4.90 Å². The van der Waals surface area contributed by atoms with Gasteiger partial charge in [0.15, 0.2) is 0 Å². The molecule has 0 amide bonds. The van der Waals surface area contributed by atoms with Crippen LogP contribution in [0.3, 0.4) is 0 Å². The van der Waals surface area contributed by atoms with Gasteiger partial charge in [-0.05, 0) is 87.8 Å². The van der Waals surface area contributed by atoms with Crippen molar-refractivity contribution < 1.29 is 0 Å². The van der Waals surface area contributed by atoms with E-state index in [0.29, 0.717) is 0 Å². The summed E-state index contributed by atoms with van der Waals surface area (Å²) in [6.45, 7) is 6.82. The van der Waals surface area contributed by atoms with E-state index in [-0.39, 0.29) is 5.41 Å². The maximum atomic E-state index is 2.40. The smallest absolute Gasteiger partial charge is 0.0467 e. The first kappa shape index (κ1) is 25.1. The molecular formula is C40H33N. The second-order valence-electron chi connectivity index (χ2n) is 11.6. The Labute approximate surface area is 243 Å². The van der Waals surface area contributed by atoms with Gasteiger partial charge in [0.05, 0.1) is 0 Å². The molecule has 0 aromatic heterocycles. The molecule has 6 aromatic carbocycles. The van der Waals surface area contributed by atoms with Crippen LogP contribution in [0, 0.1) is 6.92 Å². The predicted molar refractivity (Wildman–Crippen MR) is 174 cm³/mol. The van der Waals surface area contributed by atoms with Crippen molar-refractivity contribution in [3.05, 3.63) is 162 Å². The Morgan fingerprint density at radius 3 is 1.76 bits per heavy atom. The number of benzene rings is 6. The van der Waals surface area contributed by atoms with Crippen LogP contribution in [-0.2, 0) is 5.41 Å². The summed E-state index contributed by atoms with van der Waals surface area (Å²) >= 11 is 0. The molecule has 0 saturated heterocycles. The largest absolute Gasteiger partial charge is 0.310 e. The molecule has 1 aliphatic rings. The molecule has 7 rings (SSSR count). The van der Waals surface area contributed by atoms with Gasteiger partial charge >= 0.3 is 0 Å². The van der Waals surface area contributed by atoms with Crippen molar-refractivity contribution in [2.45, 2.75) is 26.2 Å². The topological polar surface area (TPSA) is 3.24 Å². The minimum atomic E-state index is -0.0610. The average molecular weight is 528 g/mol. The number of rotatable bonds is 5. The molecular weight excluding hydrogens is 494 g/mol. The fourth-order valence-corrected chi connectivity index (χ4v) is 6.28. The Balaban J connectivity index is 1.37. The SMILES string of the molecule is Cc1ccc(-c2cccc(N(c3ccc(-c4ccccc4)cc3)c3ccc4c(c3)C(C)(C)c3ccccc3-4)c2)cc1. The molecule has 1 aliphatic carbocycles. The highest BCUT2D eigenvalue weighted by Gasteiger charge is 2.35. The summed E-state index contributed by atoms with van der Waals surface area (Å²) in [5.41, 5.74) is 15.0. The number of fused-ring (bicyclic) bond motifs is 3. The average Bonchev–Trinajstić information content (AvgIpc) is 3.25. The van der Waals surface area contributed by atoms with Crippen molar-refractivity contribution in [1.82, 2.24) is 0 Å². The summed E-state index contributed by atoms with van der Waals surface area (Å²) in [7, 11) is 0. The van der Waals surface area contributed by atoms with Gasteiger partial charge in [-0.1, -0.05) is 129 Å². The zero-order valence-electron chi connectivity index (χ0n) is 23.8. The molecule has 1 nitrogen and oxygen atoms in total. The summed E-state index contributed by atoms with van der Waals surface area (Å²) < 4.78 is 0. The lowest BCUT2D eigenvalue weighted by Gasteiger charge is -2.28. The Bertz CT molecular complexity index is 1840. The molecule has 0 radical (unpaired) electrons. The Hall–Kier alpha value is -4.88. The summed E-state index contributed by atoms with van der Waals surface area (Å²) in [6, 6.07) is 53.0. The summed E-state index contributed by atoms with van der Waals surface area (Å²) in [6.07, 6.45) is 0. The van der Waals surface area contributed by atoms with E-state index in [0.717, 1.165) is 17.1 Å². The Morgan fingerprint density at radius 2 is 0.976 bits per heavy atom. The van der Waals surface area contributed by atoms with Crippen LogP contribution in [0.1, 0.15) is 30.5 Å². The fraction of sp³-hybridized carbons (Fsp3) is 0.100. The van der Waals surface area contributed by atoms with Crippen LogP contribution in [0.5, 0.6) is 0 Å². The fourth-order valence-electron chi connectivity index (χ4n) is 6.28. The number of hydrogen-bond donors (Lipinski definition) is 0. The molecule has 0 aliphatic heterocycles. The predicted octanol–water partition coefficient (Wildman–Crippen LogP) is 11.1. The van der Waals surface area contributed by atoms with Crippen LogP contribution in [0.15, 0.2) is 146 Å². The molecule has 0 heterocycles. The minimum absolute atomic E-state index is 0.0610. The zero-order chi connectivity index (χ0) is 28.0. The van der Waals surface area contributed by atoms with Gasteiger partial charge in [-0.25, -0.2) is 0 Å². The van der Waals surface area contributed by atoms with Gasteiger partial charge in [0.1, 0.15) is 0 Å². The van der Waals surface area contributed by atoms with E-state index in [1.54, 1.807) is 0 Å². The number of hydrogen-bond acceptors (Lipinski definition) is 1. The first-order chi connectivity index (χ1) is 20.0. The van der Waals surface area contributed by atoms with Gasteiger partial charge in [-0.2, -0.15) is 0 Å². The third-order valence-electron chi connectivity index (χ3n) is 8.55. The van der Waals surface area contributed by atoms with Crippen molar-refractivity contribution in [2.24, 2.45) is 0 Å². The van der Waals surface area contributed by atoms with Crippen LogP contribution < -0.4 is 4.90 Å². The molecule has 0 unspecified atom stereocenters. The molecule has 0 bridgehead atoms. The molecule has 0 saturated carbocycles. The van der Waals surface area contributed by atoms with E-state index in [1.807, 2.05) is 0 Å². The van der Waals surface area contributed by atoms with Crippen molar-refractivity contribution in [3.63, 3.8) is 0 Å². The quantitative estimate of drug-likeness (QED) is 0.215. The van der Waals surface area contributed by atoms with Crippen molar-refractivity contribution in [2.75, 3.05) is 4.90 Å². The molecule has 0 spiro atoms. The summed E-state index contributed by atoms with van der Waals surface area (Å²) in [5.74, 6) is 0. The lowest BCUT2D eigenvalue weighted by molar-refractivity contribution is 0.660. The monoisotopic (exact) mass is 527 g/mol. The maximum Gasteiger partial charge on any atom is 0.0467 e. The minimum Gasteiger partial charge on any atom is -0.310 e. The highest BCUT2D eigenvalue weighted by atomic mass is 15.1. The lowest BCUT2D eigenvalue weighted by Crippen LogP contribution is -2.16. The first-order valence-corrected chi connectivity index (χ1v) is 14.4. The first-order valence-electron chi connectivity index (χ1n) is 14.4. The van der Waals surface area contributed by atoms with Gasteiger partial charge in [-0.15, -0.1) is 0 Å². The second-order valence-corrected chi connectivity index (χ2v) is 11.6. The third kappa shape index (κ3) is 4.44. The zero-order valence-corrected chi connectivity index (χ0v) is 23.8. The van der Waals surface area contributed by atoms with E-state index in [4.69, 9.17) is 0 Å². The third-order valence-corrected chi connectivity index (χ3v) is 8.55. The van der Waals surface area contributed by atoms with Gasteiger partial charge in [0.25, 0.3) is 0 Å².